The zero-order chi connectivity index (χ0) is 21.8. The molecular weight excluding hydrogens is 382 g/mol. The topological polar surface area (TPSA) is 87.3 Å². The first-order chi connectivity index (χ1) is 13.8. The van der Waals surface area contributed by atoms with Gasteiger partial charge in [0.1, 0.15) is 11.6 Å². The largest absolute Gasteiger partial charge is 0.394 e. The molecule has 0 radical (unpaired) electrons. The molecule has 1 heterocycles. The van der Waals surface area contributed by atoms with Crippen LogP contribution in [0.1, 0.15) is 47.1 Å². The number of nitrogen functional groups attached to an aromatic ring is 1. The van der Waals surface area contributed by atoms with Gasteiger partial charge in [-0.3, -0.25) is 4.90 Å². The summed E-state index contributed by atoms with van der Waals surface area (Å²) in [4.78, 5) is 11.1. The van der Waals surface area contributed by atoms with E-state index in [4.69, 9.17) is 10.8 Å². The first-order valence-corrected chi connectivity index (χ1v) is 11.2. The number of rotatable bonds is 9. The second-order valence-corrected chi connectivity index (χ2v) is 8.42. The monoisotopic (exact) mass is 419 g/mol. The summed E-state index contributed by atoms with van der Waals surface area (Å²) in [6.45, 7) is 14.2. The maximum atomic E-state index is 9.04. The highest BCUT2D eigenvalue weighted by molar-refractivity contribution is 7.98. The molecular formula is C22H37N5OS. The third-order valence-electron chi connectivity index (χ3n) is 4.30. The predicted molar refractivity (Wildman–Crippen MR) is 125 cm³/mol. The van der Waals surface area contributed by atoms with Crippen LogP contribution >= 0.6 is 11.8 Å². The zero-order valence-corrected chi connectivity index (χ0v) is 19.4. The van der Waals surface area contributed by atoms with Gasteiger partial charge in [0.05, 0.1) is 6.61 Å². The third kappa shape index (κ3) is 9.96. The highest BCUT2D eigenvalue weighted by atomic mass is 32.2. The Morgan fingerprint density at radius 3 is 2.17 bits per heavy atom. The summed E-state index contributed by atoms with van der Waals surface area (Å²) in [7, 11) is 0. The van der Waals surface area contributed by atoms with Crippen molar-refractivity contribution in [3.05, 3.63) is 42.0 Å². The molecule has 0 amide bonds. The van der Waals surface area contributed by atoms with Crippen LogP contribution in [-0.4, -0.2) is 51.3 Å². The standard InChI is InChI=1S/C14H18N4OS.C8H19N/c1-10(8-19)16-13-7-12(15)17-14(18-13)20-9-11-5-3-2-4-6-11;1-6-9(7(2)3)8(4)5/h2-7,10,19H,8-9H2,1H3,(H3,15,16,17,18);7-8H,6H2,1-5H3/t10-;/m1./s1. The van der Waals surface area contributed by atoms with Crippen molar-refractivity contribution in [3.8, 4) is 0 Å². The van der Waals surface area contributed by atoms with Crippen LogP contribution in [0.2, 0.25) is 0 Å². The lowest BCUT2D eigenvalue weighted by atomic mass is 10.2. The van der Waals surface area contributed by atoms with Crippen molar-refractivity contribution in [2.75, 3.05) is 24.2 Å². The van der Waals surface area contributed by atoms with Crippen LogP contribution in [0.4, 0.5) is 11.6 Å². The lowest BCUT2D eigenvalue weighted by molar-refractivity contribution is 0.185. The van der Waals surface area contributed by atoms with Crippen molar-refractivity contribution >= 4 is 23.4 Å². The molecule has 7 heteroatoms. The maximum absolute atomic E-state index is 9.04. The average Bonchev–Trinajstić information content (AvgIpc) is 2.67. The van der Waals surface area contributed by atoms with E-state index in [1.54, 1.807) is 6.07 Å². The fourth-order valence-corrected chi connectivity index (χ4v) is 3.75. The first-order valence-electron chi connectivity index (χ1n) is 10.2. The lowest BCUT2D eigenvalue weighted by Crippen LogP contribution is -2.36. The smallest absolute Gasteiger partial charge is 0.191 e. The first kappa shape index (κ1) is 25.2. The fourth-order valence-electron chi connectivity index (χ4n) is 2.93. The van der Waals surface area contributed by atoms with Crippen LogP contribution < -0.4 is 11.1 Å². The van der Waals surface area contributed by atoms with Gasteiger partial charge < -0.3 is 16.2 Å². The van der Waals surface area contributed by atoms with Crippen LogP contribution in [0.25, 0.3) is 0 Å². The summed E-state index contributed by atoms with van der Waals surface area (Å²) in [6, 6.07) is 13.1. The van der Waals surface area contributed by atoms with Gasteiger partial charge in [0.2, 0.25) is 0 Å². The van der Waals surface area contributed by atoms with Gasteiger partial charge in [0.25, 0.3) is 0 Å². The maximum Gasteiger partial charge on any atom is 0.191 e. The van der Waals surface area contributed by atoms with Crippen LogP contribution in [0.15, 0.2) is 41.6 Å². The van der Waals surface area contributed by atoms with Crippen molar-refractivity contribution in [2.45, 2.75) is 70.6 Å². The molecule has 0 saturated carbocycles. The van der Waals surface area contributed by atoms with Crippen molar-refractivity contribution in [1.82, 2.24) is 14.9 Å². The number of nitrogens with zero attached hydrogens (tertiary/aromatic N) is 3. The minimum absolute atomic E-state index is 0.0381. The lowest BCUT2D eigenvalue weighted by Gasteiger charge is -2.28. The van der Waals surface area contributed by atoms with E-state index in [0.29, 0.717) is 28.9 Å². The van der Waals surface area contributed by atoms with E-state index < -0.39 is 0 Å². The Morgan fingerprint density at radius 1 is 1.07 bits per heavy atom. The molecule has 0 saturated heterocycles. The van der Waals surface area contributed by atoms with Crippen molar-refractivity contribution in [2.24, 2.45) is 0 Å². The minimum atomic E-state index is -0.0729. The van der Waals surface area contributed by atoms with Crippen LogP contribution in [-0.2, 0) is 5.75 Å². The number of benzene rings is 1. The fraction of sp³-hybridized carbons (Fsp3) is 0.545. The van der Waals surface area contributed by atoms with Gasteiger partial charge in [-0.15, -0.1) is 0 Å². The molecule has 6 nitrogen and oxygen atoms in total. The Balaban J connectivity index is 0.000000396. The van der Waals surface area contributed by atoms with Gasteiger partial charge in [0, 0.05) is 29.9 Å². The molecule has 2 rings (SSSR count). The Morgan fingerprint density at radius 2 is 1.69 bits per heavy atom. The molecule has 1 atom stereocenters. The van der Waals surface area contributed by atoms with Crippen LogP contribution in [0.3, 0.4) is 0 Å². The molecule has 0 fully saturated rings. The molecule has 0 spiro atoms. The molecule has 29 heavy (non-hydrogen) atoms. The van der Waals surface area contributed by atoms with Crippen molar-refractivity contribution in [3.63, 3.8) is 0 Å². The molecule has 2 aromatic rings. The van der Waals surface area contributed by atoms with Crippen molar-refractivity contribution in [1.29, 1.82) is 0 Å². The van der Waals surface area contributed by atoms with E-state index in [1.807, 2.05) is 25.1 Å². The number of nitrogens with one attached hydrogen (secondary N) is 1. The van der Waals surface area contributed by atoms with Gasteiger partial charge in [-0.2, -0.15) is 0 Å². The molecule has 1 aromatic heterocycles. The van der Waals surface area contributed by atoms with Crippen molar-refractivity contribution < 1.29 is 5.11 Å². The van der Waals surface area contributed by atoms with Gasteiger partial charge in [0.15, 0.2) is 5.16 Å². The summed E-state index contributed by atoms with van der Waals surface area (Å²) in [5.41, 5.74) is 6.99. The number of aliphatic hydroxyl groups is 1. The number of thioether (sulfide) groups is 1. The van der Waals surface area contributed by atoms with Gasteiger partial charge in [-0.05, 0) is 46.7 Å². The number of aromatic nitrogens is 2. The predicted octanol–water partition coefficient (Wildman–Crippen LogP) is 4.27. The quantitative estimate of drug-likeness (QED) is 0.413. The van der Waals surface area contributed by atoms with Gasteiger partial charge in [-0.1, -0.05) is 49.0 Å². The Bertz CT molecular complexity index is 689. The Labute approximate surface area is 180 Å². The highest BCUT2D eigenvalue weighted by Gasteiger charge is 2.09. The van der Waals surface area contributed by atoms with E-state index in [0.717, 1.165) is 12.3 Å². The van der Waals surface area contributed by atoms with E-state index in [-0.39, 0.29) is 12.6 Å². The zero-order valence-electron chi connectivity index (χ0n) is 18.6. The highest BCUT2D eigenvalue weighted by Crippen LogP contribution is 2.22. The Kier molecular flexibility index (Phi) is 11.7. The van der Waals surface area contributed by atoms with E-state index in [1.165, 1.54) is 17.3 Å². The number of nitrogens with two attached hydrogens (primary N) is 1. The summed E-state index contributed by atoms with van der Waals surface area (Å²) in [6.07, 6.45) is 0. The summed E-state index contributed by atoms with van der Waals surface area (Å²) in [5, 5.41) is 12.7. The van der Waals surface area contributed by atoms with Crippen LogP contribution in [0, 0.1) is 0 Å². The molecule has 0 aliphatic carbocycles. The SMILES string of the molecule is CCN(C(C)C)C(C)C.C[C@H](CO)Nc1cc(N)nc(SCc2ccccc2)n1. The molecule has 162 valence electrons. The average molecular weight is 420 g/mol. The van der Waals surface area contributed by atoms with E-state index >= 15 is 0 Å². The molecule has 0 bridgehead atoms. The number of hydrogen-bond donors (Lipinski definition) is 3. The molecule has 0 aliphatic rings. The van der Waals surface area contributed by atoms with E-state index in [2.05, 4.69) is 66.9 Å². The minimum Gasteiger partial charge on any atom is -0.394 e. The molecule has 1 aromatic carbocycles. The normalized spacial score (nSPS) is 12.1. The van der Waals surface area contributed by atoms with Gasteiger partial charge >= 0.3 is 0 Å². The Hall–Kier alpha value is -1.83. The molecule has 0 aliphatic heterocycles. The molecule has 0 unspecified atom stereocenters. The number of hydrogen-bond acceptors (Lipinski definition) is 7. The van der Waals surface area contributed by atoms with E-state index in [9.17, 15) is 0 Å². The van der Waals surface area contributed by atoms with Crippen LogP contribution in [0.5, 0.6) is 0 Å². The molecule has 4 N–H and O–H groups in total. The summed E-state index contributed by atoms with van der Waals surface area (Å²) >= 11 is 1.53. The second kappa shape index (κ2) is 13.4. The number of aliphatic hydroxyl groups excluding tert-OH is 1. The van der Waals surface area contributed by atoms with Gasteiger partial charge in [-0.25, -0.2) is 9.97 Å². The third-order valence-corrected chi connectivity index (χ3v) is 5.21. The summed E-state index contributed by atoms with van der Waals surface area (Å²) in [5.74, 6) is 1.84. The second-order valence-electron chi connectivity index (χ2n) is 7.48. The number of anilines is 2. The summed E-state index contributed by atoms with van der Waals surface area (Å²) < 4.78 is 0.